The van der Waals surface area contributed by atoms with Crippen molar-refractivity contribution < 1.29 is 14.4 Å². The van der Waals surface area contributed by atoms with E-state index in [9.17, 15) is 14.4 Å². The van der Waals surface area contributed by atoms with Crippen LogP contribution in [0.2, 0.25) is 0 Å². The number of carbonyl (C=O) groups is 3. The second kappa shape index (κ2) is 3.81. The van der Waals surface area contributed by atoms with Gasteiger partial charge in [0, 0.05) is 6.04 Å². The first-order chi connectivity index (χ1) is 8.86. The zero-order chi connectivity index (χ0) is 13.8. The molecule has 19 heavy (non-hydrogen) atoms. The lowest BCUT2D eigenvalue weighted by Gasteiger charge is -2.42. The minimum absolute atomic E-state index is 0.0539. The molecule has 3 rings (SSSR count). The largest absolute Gasteiger partial charge is 0.331 e. The molecular weight excluding hydrogens is 244 g/mol. The van der Waals surface area contributed by atoms with Crippen molar-refractivity contribution in [3.63, 3.8) is 0 Å². The van der Waals surface area contributed by atoms with Crippen molar-refractivity contribution >= 4 is 17.8 Å². The number of amides is 4. The molecule has 2 saturated carbocycles. The summed E-state index contributed by atoms with van der Waals surface area (Å²) in [5.41, 5.74) is -0.753. The zero-order valence-corrected chi connectivity index (χ0v) is 11.5. The van der Waals surface area contributed by atoms with Crippen LogP contribution in [0.15, 0.2) is 0 Å². The molecule has 1 aliphatic heterocycles. The average Bonchev–Trinajstić information content (AvgIpc) is 3.06. The number of carbonyl (C=O) groups excluding carboxylic acids is 3. The maximum Gasteiger partial charge on any atom is 0.331 e. The van der Waals surface area contributed by atoms with Gasteiger partial charge in [-0.25, -0.2) is 4.79 Å². The standard InChI is InChI=1S/C14H20N2O3/c1-13(2)5-3-4-9(8-13)16-11(18)14(6-7-14)10(17)15-12(16)19/h9H,3-8H2,1-2H3,(H,15,17,19). The maximum absolute atomic E-state index is 12.5. The van der Waals surface area contributed by atoms with Crippen LogP contribution in [0.1, 0.15) is 52.4 Å². The van der Waals surface area contributed by atoms with Crippen molar-refractivity contribution in [2.45, 2.75) is 58.4 Å². The summed E-state index contributed by atoms with van der Waals surface area (Å²) in [5.74, 6) is -0.655. The number of imide groups is 2. The van der Waals surface area contributed by atoms with Crippen molar-refractivity contribution in [1.29, 1.82) is 0 Å². The van der Waals surface area contributed by atoms with Crippen molar-refractivity contribution in [2.75, 3.05) is 0 Å². The van der Waals surface area contributed by atoms with Crippen molar-refractivity contribution in [2.24, 2.45) is 10.8 Å². The Morgan fingerprint density at radius 3 is 2.42 bits per heavy atom. The fraction of sp³-hybridized carbons (Fsp3) is 0.786. The number of urea groups is 1. The second-order valence-electron chi connectivity index (χ2n) is 6.93. The SMILES string of the molecule is CC1(C)CCCC(N2C(=O)NC(=O)C3(CC3)C2=O)C1. The monoisotopic (exact) mass is 264 g/mol. The molecule has 1 saturated heterocycles. The molecular formula is C14H20N2O3. The van der Waals surface area contributed by atoms with E-state index in [0.717, 1.165) is 25.7 Å². The first-order valence-electron chi connectivity index (χ1n) is 7.05. The highest BCUT2D eigenvalue weighted by Gasteiger charge is 2.63. The van der Waals surface area contributed by atoms with Gasteiger partial charge in [-0.2, -0.15) is 0 Å². The van der Waals surface area contributed by atoms with E-state index in [4.69, 9.17) is 0 Å². The Balaban J connectivity index is 1.85. The average molecular weight is 264 g/mol. The quantitative estimate of drug-likeness (QED) is 0.734. The highest BCUT2D eigenvalue weighted by atomic mass is 16.2. The summed E-state index contributed by atoms with van der Waals surface area (Å²) >= 11 is 0. The number of barbiturate groups is 1. The molecule has 1 N–H and O–H groups in total. The Kier molecular flexibility index (Phi) is 2.53. The lowest BCUT2D eigenvalue weighted by Crippen LogP contribution is -2.62. The molecule has 0 radical (unpaired) electrons. The molecule has 1 heterocycles. The van der Waals surface area contributed by atoms with Crippen LogP contribution >= 0.6 is 0 Å². The summed E-state index contributed by atoms with van der Waals surface area (Å²) in [6.07, 6.45) is 4.99. The van der Waals surface area contributed by atoms with Gasteiger partial charge in [0.15, 0.2) is 0 Å². The molecule has 1 spiro atoms. The normalized spacial score (nSPS) is 32.4. The molecule has 0 bridgehead atoms. The van der Waals surface area contributed by atoms with E-state index in [0.29, 0.717) is 12.8 Å². The number of rotatable bonds is 1. The molecule has 4 amide bonds. The second-order valence-corrected chi connectivity index (χ2v) is 6.93. The van der Waals surface area contributed by atoms with E-state index < -0.39 is 17.4 Å². The Morgan fingerprint density at radius 1 is 1.16 bits per heavy atom. The highest BCUT2D eigenvalue weighted by Crippen LogP contribution is 2.50. The van der Waals surface area contributed by atoms with E-state index in [1.54, 1.807) is 0 Å². The Hall–Kier alpha value is -1.39. The van der Waals surface area contributed by atoms with Crippen LogP contribution in [0.3, 0.4) is 0 Å². The topological polar surface area (TPSA) is 66.5 Å². The molecule has 2 aliphatic carbocycles. The van der Waals surface area contributed by atoms with E-state index in [1.807, 2.05) is 0 Å². The van der Waals surface area contributed by atoms with Gasteiger partial charge in [-0.1, -0.05) is 20.3 Å². The van der Waals surface area contributed by atoms with Crippen LogP contribution in [0, 0.1) is 10.8 Å². The predicted octanol–water partition coefficient (Wildman–Crippen LogP) is 1.81. The maximum atomic E-state index is 12.5. The summed E-state index contributed by atoms with van der Waals surface area (Å²) in [4.78, 5) is 37.6. The fourth-order valence-electron chi connectivity index (χ4n) is 3.47. The number of nitrogens with one attached hydrogen (secondary N) is 1. The first kappa shape index (κ1) is 12.6. The third-order valence-electron chi connectivity index (χ3n) is 4.80. The van der Waals surface area contributed by atoms with Gasteiger partial charge >= 0.3 is 6.03 Å². The molecule has 0 aromatic rings. The molecule has 1 unspecified atom stereocenters. The van der Waals surface area contributed by atoms with Gasteiger partial charge in [-0.05, 0) is 37.5 Å². The van der Waals surface area contributed by atoms with Gasteiger partial charge in [0.05, 0.1) is 0 Å². The summed E-state index contributed by atoms with van der Waals surface area (Å²) in [6.45, 7) is 4.34. The van der Waals surface area contributed by atoms with Gasteiger partial charge < -0.3 is 0 Å². The van der Waals surface area contributed by atoms with E-state index in [1.165, 1.54) is 4.90 Å². The Morgan fingerprint density at radius 2 is 1.84 bits per heavy atom. The minimum Gasteiger partial charge on any atom is -0.277 e. The third kappa shape index (κ3) is 1.86. The predicted molar refractivity (Wildman–Crippen MR) is 68.1 cm³/mol. The third-order valence-corrected chi connectivity index (χ3v) is 4.80. The molecule has 0 aromatic heterocycles. The van der Waals surface area contributed by atoms with Crippen LogP contribution in [-0.2, 0) is 9.59 Å². The highest BCUT2D eigenvalue weighted by molar-refractivity contribution is 6.21. The Labute approximate surface area is 112 Å². The molecule has 0 aromatic carbocycles. The summed E-state index contributed by atoms with van der Waals surface area (Å²) in [7, 11) is 0. The van der Waals surface area contributed by atoms with Gasteiger partial charge in [-0.15, -0.1) is 0 Å². The van der Waals surface area contributed by atoms with Crippen molar-refractivity contribution in [1.82, 2.24) is 10.2 Å². The zero-order valence-electron chi connectivity index (χ0n) is 11.5. The van der Waals surface area contributed by atoms with Crippen LogP contribution in [0.25, 0.3) is 0 Å². The lowest BCUT2D eigenvalue weighted by atomic mass is 9.74. The summed E-state index contributed by atoms with van der Waals surface area (Å²) < 4.78 is 0. The van der Waals surface area contributed by atoms with Crippen LogP contribution < -0.4 is 5.32 Å². The Bertz CT molecular complexity index is 465. The van der Waals surface area contributed by atoms with Crippen molar-refractivity contribution in [3.8, 4) is 0 Å². The molecule has 5 nitrogen and oxygen atoms in total. The first-order valence-corrected chi connectivity index (χ1v) is 7.05. The van der Waals surface area contributed by atoms with Gasteiger partial charge in [0.25, 0.3) is 0 Å². The summed E-state index contributed by atoms with van der Waals surface area (Å²) in [5, 5.41) is 2.36. The molecule has 3 aliphatic rings. The van der Waals surface area contributed by atoms with E-state index in [-0.39, 0.29) is 17.4 Å². The molecule has 104 valence electrons. The number of hydrogen-bond donors (Lipinski definition) is 1. The van der Waals surface area contributed by atoms with Gasteiger partial charge in [-0.3, -0.25) is 19.8 Å². The van der Waals surface area contributed by atoms with E-state index >= 15 is 0 Å². The fourth-order valence-corrected chi connectivity index (χ4v) is 3.47. The molecule has 3 fully saturated rings. The molecule has 5 heteroatoms. The number of hydrogen-bond acceptors (Lipinski definition) is 3. The van der Waals surface area contributed by atoms with Gasteiger partial charge in [0.2, 0.25) is 11.8 Å². The summed E-state index contributed by atoms with van der Waals surface area (Å²) in [6, 6.07) is -0.572. The lowest BCUT2D eigenvalue weighted by molar-refractivity contribution is -0.147. The van der Waals surface area contributed by atoms with Crippen LogP contribution in [0.5, 0.6) is 0 Å². The molecule has 1 atom stereocenters. The smallest absolute Gasteiger partial charge is 0.277 e. The van der Waals surface area contributed by atoms with Crippen LogP contribution in [-0.4, -0.2) is 28.8 Å². The van der Waals surface area contributed by atoms with Crippen molar-refractivity contribution in [3.05, 3.63) is 0 Å². The van der Waals surface area contributed by atoms with E-state index in [2.05, 4.69) is 19.2 Å². The van der Waals surface area contributed by atoms with Gasteiger partial charge in [0.1, 0.15) is 5.41 Å². The number of nitrogens with zero attached hydrogens (tertiary/aromatic N) is 1. The minimum atomic E-state index is -0.907. The van der Waals surface area contributed by atoms with Crippen LogP contribution in [0.4, 0.5) is 4.79 Å².